The van der Waals surface area contributed by atoms with Crippen molar-refractivity contribution in [1.82, 2.24) is 9.88 Å². The van der Waals surface area contributed by atoms with Crippen LogP contribution in [0, 0.1) is 6.92 Å². The molecule has 4 nitrogen and oxygen atoms in total. The highest BCUT2D eigenvalue weighted by atomic mass is 16.3. The van der Waals surface area contributed by atoms with Gasteiger partial charge < -0.3 is 14.9 Å². The van der Waals surface area contributed by atoms with E-state index in [1.165, 1.54) is 6.20 Å². The summed E-state index contributed by atoms with van der Waals surface area (Å²) in [6.07, 6.45) is 1.50. The van der Waals surface area contributed by atoms with Gasteiger partial charge in [-0.2, -0.15) is 0 Å². The van der Waals surface area contributed by atoms with Gasteiger partial charge in [0.25, 0.3) is 0 Å². The molecule has 1 aliphatic heterocycles. The maximum atomic E-state index is 9.47. The van der Waals surface area contributed by atoms with Crippen molar-refractivity contribution in [2.45, 2.75) is 13.8 Å². The fourth-order valence-corrected chi connectivity index (χ4v) is 2.14. The zero-order valence-electron chi connectivity index (χ0n) is 9.98. The molecular formula is C12H19N3O. The van der Waals surface area contributed by atoms with Gasteiger partial charge in [-0.3, -0.25) is 4.98 Å². The molecule has 2 rings (SSSR count). The average Bonchev–Trinajstić information content (AvgIpc) is 2.32. The van der Waals surface area contributed by atoms with E-state index in [9.17, 15) is 5.11 Å². The average molecular weight is 221 g/mol. The van der Waals surface area contributed by atoms with Gasteiger partial charge in [0.1, 0.15) is 5.75 Å². The molecule has 1 aliphatic rings. The number of hydrogen-bond donors (Lipinski definition) is 1. The number of hydrogen-bond acceptors (Lipinski definition) is 4. The Morgan fingerprint density at radius 2 is 2.00 bits per heavy atom. The Labute approximate surface area is 96.5 Å². The highest BCUT2D eigenvalue weighted by molar-refractivity contribution is 5.53. The van der Waals surface area contributed by atoms with E-state index in [1.54, 1.807) is 0 Å². The molecular weight excluding hydrogens is 202 g/mol. The van der Waals surface area contributed by atoms with E-state index in [0.717, 1.165) is 44.1 Å². The van der Waals surface area contributed by atoms with Gasteiger partial charge in [0.05, 0.1) is 17.6 Å². The molecule has 88 valence electrons. The molecule has 1 saturated heterocycles. The van der Waals surface area contributed by atoms with Gasteiger partial charge >= 0.3 is 0 Å². The van der Waals surface area contributed by atoms with Gasteiger partial charge in [0.15, 0.2) is 0 Å². The predicted molar refractivity (Wildman–Crippen MR) is 65.0 cm³/mol. The van der Waals surface area contributed by atoms with Crippen molar-refractivity contribution in [3.63, 3.8) is 0 Å². The highest BCUT2D eigenvalue weighted by Gasteiger charge is 2.17. The normalized spacial score (nSPS) is 17.8. The van der Waals surface area contributed by atoms with E-state index in [-0.39, 0.29) is 5.75 Å². The first-order chi connectivity index (χ1) is 7.70. The van der Waals surface area contributed by atoms with E-state index in [1.807, 2.05) is 13.0 Å². The first-order valence-corrected chi connectivity index (χ1v) is 5.83. The molecule has 0 atom stereocenters. The summed E-state index contributed by atoms with van der Waals surface area (Å²) in [6.45, 7) is 9.50. The second-order valence-electron chi connectivity index (χ2n) is 4.22. The molecule has 0 saturated carbocycles. The van der Waals surface area contributed by atoms with Crippen LogP contribution < -0.4 is 4.90 Å². The fraction of sp³-hybridized carbons (Fsp3) is 0.583. The van der Waals surface area contributed by atoms with Crippen LogP contribution in [0.4, 0.5) is 5.69 Å². The standard InChI is InChI=1S/C12H19N3O/c1-3-14-4-6-15(7-5-14)12-8-11(16)9-13-10(12)2/h8-9,16H,3-7H2,1-2H3. The molecule has 0 unspecified atom stereocenters. The minimum absolute atomic E-state index is 0.249. The number of pyridine rings is 1. The van der Waals surface area contributed by atoms with Gasteiger partial charge in [-0.05, 0) is 13.5 Å². The lowest BCUT2D eigenvalue weighted by atomic mass is 10.2. The van der Waals surface area contributed by atoms with Crippen LogP contribution in [0.15, 0.2) is 12.3 Å². The summed E-state index contributed by atoms with van der Waals surface area (Å²) in [7, 11) is 0. The van der Waals surface area contributed by atoms with Gasteiger partial charge in [0.2, 0.25) is 0 Å². The molecule has 0 radical (unpaired) electrons. The SMILES string of the molecule is CCN1CCN(c2cc(O)cnc2C)CC1. The Bertz CT molecular complexity index is 359. The topological polar surface area (TPSA) is 39.6 Å². The van der Waals surface area contributed by atoms with E-state index in [4.69, 9.17) is 0 Å². The smallest absolute Gasteiger partial charge is 0.135 e. The Kier molecular flexibility index (Phi) is 3.29. The zero-order valence-corrected chi connectivity index (χ0v) is 9.98. The van der Waals surface area contributed by atoms with Gasteiger partial charge in [-0.25, -0.2) is 0 Å². The van der Waals surface area contributed by atoms with Crippen molar-refractivity contribution in [3.8, 4) is 5.75 Å². The number of aryl methyl sites for hydroxylation is 1. The summed E-state index contributed by atoms with van der Waals surface area (Å²) in [6, 6.07) is 1.81. The second kappa shape index (κ2) is 4.70. The first-order valence-electron chi connectivity index (χ1n) is 5.83. The Hall–Kier alpha value is -1.29. The zero-order chi connectivity index (χ0) is 11.5. The number of aromatic hydroxyl groups is 1. The van der Waals surface area contributed by atoms with Gasteiger partial charge in [-0.1, -0.05) is 6.92 Å². The lowest BCUT2D eigenvalue weighted by Crippen LogP contribution is -2.46. The van der Waals surface area contributed by atoms with E-state index in [2.05, 4.69) is 21.7 Å². The summed E-state index contributed by atoms with van der Waals surface area (Å²) in [5, 5.41) is 9.47. The molecule has 1 N–H and O–H groups in total. The van der Waals surface area contributed by atoms with Crippen molar-refractivity contribution in [2.75, 3.05) is 37.6 Å². The third-order valence-electron chi connectivity index (χ3n) is 3.21. The molecule has 0 bridgehead atoms. The largest absolute Gasteiger partial charge is 0.506 e. The summed E-state index contributed by atoms with van der Waals surface area (Å²) >= 11 is 0. The summed E-state index contributed by atoms with van der Waals surface area (Å²) in [5.41, 5.74) is 2.05. The maximum Gasteiger partial charge on any atom is 0.135 e. The van der Waals surface area contributed by atoms with E-state index in [0.29, 0.717) is 0 Å². The van der Waals surface area contributed by atoms with Crippen molar-refractivity contribution >= 4 is 5.69 Å². The van der Waals surface area contributed by atoms with Crippen LogP contribution in [-0.4, -0.2) is 47.7 Å². The molecule has 1 aromatic rings. The van der Waals surface area contributed by atoms with E-state index < -0.39 is 0 Å². The maximum absolute atomic E-state index is 9.47. The molecule has 0 aliphatic carbocycles. The third kappa shape index (κ3) is 2.27. The third-order valence-corrected chi connectivity index (χ3v) is 3.21. The summed E-state index contributed by atoms with van der Waals surface area (Å²) in [5.74, 6) is 0.249. The van der Waals surface area contributed by atoms with Crippen LogP contribution in [0.2, 0.25) is 0 Å². The number of anilines is 1. The van der Waals surface area contributed by atoms with Gasteiger partial charge in [0, 0.05) is 32.2 Å². The van der Waals surface area contributed by atoms with Crippen molar-refractivity contribution in [2.24, 2.45) is 0 Å². The molecule has 0 amide bonds. The van der Waals surface area contributed by atoms with Crippen LogP contribution >= 0.6 is 0 Å². The van der Waals surface area contributed by atoms with Crippen LogP contribution in [0.25, 0.3) is 0 Å². The number of likely N-dealkylation sites (N-methyl/N-ethyl adjacent to an activating group) is 1. The number of piperazine rings is 1. The molecule has 0 spiro atoms. The molecule has 1 fully saturated rings. The molecule has 16 heavy (non-hydrogen) atoms. The van der Waals surface area contributed by atoms with Crippen LogP contribution in [0.5, 0.6) is 5.75 Å². The fourth-order valence-electron chi connectivity index (χ4n) is 2.14. The highest BCUT2D eigenvalue weighted by Crippen LogP contribution is 2.23. The lowest BCUT2D eigenvalue weighted by Gasteiger charge is -2.35. The van der Waals surface area contributed by atoms with Crippen LogP contribution in [0.1, 0.15) is 12.6 Å². The summed E-state index contributed by atoms with van der Waals surface area (Å²) in [4.78, 5) is 8.92. The molecule has 2 heterocycles. The minimum Gasteiger partial charge on any atom is -0.506 e. The van der Waals surface area contributed by atoms with Crippen LogP contribution in [-0.2, 0) is 0 Å². The first kappa shape index (κ1) is 11.2. The molecule has 4 heteroatoms. The van der Waals surface area contributed by atoms with Crippen molar-refractivity contribution in [1.29, 1.82) is 0 Å². The van der Waals surface area contributed by atoms with Crippen molar-refractivity contribution in [3.05, 3.63) is 18.0 Å². The predicted octanol–water partition coefficient (Wildman–Crippen LogP) is 1.24. The van der Waals surface area contributed by atoms with Crippen LogP contribution in [0.3, 0.4) is 0 Å². The summed E-state index contributed by atoms with van der Waals surface area (Å²) < 4.78 is 0. The minimum atomic E-state index is 0.249. The lowest BCUT2D eigenvalue weighted by molar-refractivity contribution is 0.271. The van der Waals surface area contributed by atoms with E-state index >= 15 is 0 Å². The molecule has 1 aromatic heterocycles. The number of aromatic nitrogens is 1. The second-order valence-corrected chi connectivity index (χ2v) is 4.22. The van der Waals surface area contributed by atoms with Gasteiger partial charge in [-0.15, -0.1) is 0 Å². The van der Waals surface area contributed by atoms with Crippen molar-refractivity contribution < 1.29 is 5.11 Å². The monoisotopic (exact) mass is 221 g/mol. The Morgan fingerprint density at radius 1 is 1.31 bits per heavy atom. The number of nitrogens with zero attached hydrogens (tertiary/aromatic N) is 3. The Balaban J connectivity index is 2.10. The quantitative estimate of drug-likeness (QED) is 0.815. The Morgan fingerprint density at radius 3 is 2.62 bits per heavy atom. The molecule has 0 aromatic carbocycles. The number of rotatable bonds is 2.